The molecule has 2 aromatic rings. The van der Waals surface area contributed by atoms with Crippen LogP contribution >= 0.6 is 11.3 Å². The van der Waals surface area contributed by atoms with Gasteiger partial charge in [0.25, 0.3) is 0 Å². The molecule has 2 heterocycles. The van der Waals surface area contributed by atoms with Gasteiger partial charge >= 0.3 is 5.97 Å². The van der Waals surface area contributed by atoms with Crippen molar-refractivity contribution >= 4 is 22.4 Å². The fraction of sp³-hybridized carbons (Fsp3) is 0.538. The Morgan fingerprint density at radius 1 is 1.55 bits per heavy atom. The van der Waals surface area contributed by atoms with Crippen LogP contribution in [0.15, 0.2) is 16.9 Å². The Balaban J connectivity index is 1.51. The number of likely N-dealkylation sites (N-methyl/N-ethyl adjacent to an activating group) is 1. The Morgan fingerprint density at radius 2 is 2.36 bits per heavy atom. The second-order valence-corrected chi connectivity index (χ2v) is 6.20. The number of nitrogens with zero attached hydrogens (tertiary/aromatic N) is 4. The summed E-state index contributed by atoms with van der Waals surface area (Å²) >= 11 is 1.43. The zero-order valence-corrected chi connectivity index (χ0v) is 12.9. The Morgan fingerprint density at radius 3 is 3.00 bits per heavy atom. The van der Waals surface area contributed by atoms with Gasteiger partial charge in [-0.1, -0.05) is 23.4 Å². The first-order valence-electron chi connectivity index (χ1n) is 7.12. The van der Waals surface area contributed by atoms with E-state index in [1.165, 1.54) is 17.6 Å². The molecule has 9 heteroatoms. The molecular formula is C13H17N5O3S. The van der Waals surface area contributed by atoms with Crippen LogP contribution in [0, 0.1) is 0 Å². The van der Waals surface area contributed by atoms with Crippen LogP contribution in [-0.2, 0) is 4.79 Å². The third-order valence-electron chi connectivity index (χ3n) is 3.78. The van der Waals surface area contributed by atoms with Crippen molar-refractivity contribution in [3.63, 3.8) is 0 Å². The van der Waals surface area contributed by atoms with E-state index in [0.29, 0.717) is 22.8 Å². The minimum atomic E-state index is -0.778. The van der Waals surface area contributed by atoms with Gasteiger partial charge < -0.3 is 14.9 Å². The molecule has 0 spiro atoms. The van der Waals surface area contributed by atoms with Gasteiger partial charge in [0.2, 0.25) is 5.13 Å². The molecule has 2 N–H and O–H groups in total. The van der Waals surface area contributed by atoms with E-state index in [1.807, 2.05) is 11.8 Å². The Hall–Kier alpha value is -2.00. The number of hydrogen-bond acceptors (Lipinski definition) is 8. The van der Waals surface area contributed by atoms with Crippen molar-refractivity contribution in [2.45, 2.75) is 31.8 Å². The molecule has 0 saturated heterocycles. The molecule has 0 aliphatic heterocycles. The van der Waals surface area contributed by atoms with Gasteiger partial charge in [0, 0.05) is 18.2 Å². The minimum Gasteiger partial charge on any atom is -0.480 e. The van der Waals surface area contributed by atoms with Crippen LogP contribution < -0.4 is 5.32 Å². The van der Waals surface area contributed by atoms with Crippen LogP contribution in [0.5, 0.6) is 0 Å². The summed E-state index contributed by atoms with van der Waals surface area (Å²) in [5.74, 6) is -0.778. The van der Waals surface area contributed by atoms with Crippen molar-refractivity contribution in [2.75, 3.05) is 18.4 Å². The number of anilines is 1. The molecule has 1 fully saturated rings. The number of hydrogen-bond donors (Lipinski definition) is 2. The Kier molecular flexibility index (Phi) is 4.34. The van der Waals surface area contributed by atoms with Crippen molar-refractivity contribution in [1.29, 1.82) is 0 Å². The Bertz CT molecular complexity index is 623. The summed E-state index contributed by atoms with van der Waals surface area (Å²) in [6.45, 7) is 2.83. The number of nitrogens with one attached hydrogen (secondary N) is 1. The maximum Gasteiger partial charge on any atom is 0.317 e. The van der Waals surface area contributed by atoms with E-state index in [9.17, 15) is 4.79 Å². The third kappa shape index (κ3) is 3.25. The van der Waals surface area contributed by atoms with Crippen LogP contribution in [0.2, 0.25) is 0 Å². The summed E-state index contributed by atoms with van der Waals surface area (Å²) in [6, 6.07) is 2.38. The highest BCUT2D eigenvalue weighted by Crippen LogP contribution is 2.31. The molecule has 22 heavy (non-hydrogen) atoms. The minimum absolute atomic E-state index is 0.100. The molecule has 118 valence electrons. The van der Waals surface area contributed by atoms with Gasteiger partial charge in [-0.2, -0.15) is 0 Å². The molecule has 8 nitrogen and oxygen atoms in total. The molecule has 0 aromatic carbocycles. The van der Waals surface area contributed by atoms with Crippen molar-refractivity contribution < 1.29 is 14.4 Å². The van der Waals surface area contributed by atoms with Crippen LogP contribution in [0.4, 0.5) is 5.13 Å². The van der Waals surface area contributed by atoms with E-state index >= 15 is 0 Å². The van der Waals surface area contributed by atoms with Gasteiger partial charge in [-0.25, -0.2) is 0 Å². The average Bonchev–Trinajstić information content (AvgIpc) is 3.10. The summed E-state index contributed by atoms with van der Waals surface area (Å²) in [5.41, 5.74) is 0.677. The largest absolute Gasteiger partial charge is 0.480 e. The third-order valence-corrected chi connectivity index (χ3v) is 4.66. The lowest BCUT2D eigenvalue weighted by Gasteiger charge is -2.42. The number of carbonyl (C=O) groups is 1. The molecule has 0 unspecified atom stereocenters. The molecule has 1 saturated carbocycles. The maximum absolute atomic E-state index is 10.8. The van der Waals surface area contributed by atoms with Crippen LogP contribution in [0.25, 0.3) is 10.7 Å². The first-order chi connectivity index (χ1) is 10.7. The molecule has 1 aliphatic carbocycles. The molecule has 0 amide bonds. The van der Waals surface area contributed by atoms with E-state index in [0.717, 1.165) is 24.5 Å². The highest BCUT2D eigenvalue weighted by Gasteiger charge is 2.34. The van der Waals surface area contributed by atoms with Crippen molar-refractivity contribution in [3.05, 3.63) is 12.3 Å². The van der Waals surface area contributed by atoms with Gasteiger partial charge in [-0.15, -0.1) is 10.2 Å². The van der Waals surface area contributed by atoms with Crippen molar-refractivity contribution in [3.8, 4) is 10.7 Å². The van der Waals surface area contributed by atoms with E-state index in [4.69, 9.17) is 9.63 Å². The Labute approximate surface area is 131 Å². The van der Waals surface area contributed by atoms with E-state index in [2.05, 4.69) is 20.7 Å². The monoisotopic (exact) mass is 323 g/mol. The van der Waals surface area contributed by atoms with E-state index < -0.39 is 5.97 Å². The second-order valence-electron chi connectivity index (χ2n) is 5.22. The molecule has 3 rings (SSSR count). The average molecular weight is 323 g/mol. The summed E-state index contributed by atoms with van der Waals surface area (Å²) in [4.78, 5) is 12.8. The molecule has 0 radical (unpaired) electrons. The van der Waals surface area contributed by atoms with Crippen LogP contribution in [0.3, 0.4) is 0 Å². The van der Waals surface area contributed by atoms with Gasteiger partial charge in [0.15, 0.2) is 5.01 Å². The van der Waals surface area contributed by atoms with Crippen molar-refractivity contribution in [1.82, 2.24) is 20.3 Å². The van der Waals surface area contributed by atoms with Gasteiger partial charge in [0.05, 0.1) is 6.54 Å². The summed E-state index contributed by atoms with van der Waals surface area (Å²) in [6.07, 6.45) is 3.34. The SMILES string of the molecule is CCN(CC(=O)O)C1CC(Nc2nnc(-c3ccon3)s2)C1. The quantitative estimate of drug-likeness (QED) is 0.790. The zero-order chi connectivity index (χ0) is 15.5. The van der Waals surface area contributed by atoms with Crippen molar-refractivity contribution in [2.24, 2.45) is 0 Å². The number of aromatic nitrogens is 3. The lowest BCUT2D eigenvalue weighted by Crippen LogP contribution is -2.51. The maximum atomic E-state index is 10.8. The van der Waals surface area contributed by atoms with Gasteiger partial charge in [-0.05, 0) is 19.4 Å². The number of aliphatic carboxylic acids is 1. The summed E-state index contributed by atoms with van der Waals surface area (Å²) in [5, 5.41) is 25.7. The molecule has 0 atom stereocenters. The summed E-state index contributed by atoms with van der Waals surface area (Å²) in [7, 11) is 0. The van der Waals surface area contributed by atoms with Gasteiger partial charge in [0.1, 0.15) is 12.0 Å². The molecular weight excluding hydrogens is 306 g/mol. The topological polar surface area (TPSA) is 104 Å². The van der Waals surface area contributed by atoms with Crippen LogP contribution in [0.1, 0.15) is 19.8 Å². The standard InChI is InChI=1S/C13H17N5O3S/c1-2-18(7-11(19)20)9-5-8(6-9)14-13-16-15-12(22-13)10-3-4-21-17-10/h3-4,8-9H,2,5-7H2,1H3,(H,14,16)(H,19,20). The first-order valence-corrected chi connectivity index (χ1v) is 7.94. The van der Waals surface area contributed by atoms with Gasteiger partial charge in [-0.3, -0.25) is 9.69 Å². The highest BCUT2D eigenvalue weighted by molar-refractivity contribution is 7.18. The molecule has 2 aromatic heterocycles. The molecule has 0 bridgehead atoms. The number of carboxylic acid groups (broad SMARTS) is 1. The zero-order valence-electron chi connectivity index (χ0n) is 12.1. The number of carboxylic acids is 1. The predicted molar refractivity (Wildman–Crippen MR) is 80.7 cm³/mol. The lowest BCUT2D eigenvalue weighted by atomic mass is 9.85. The molecule has 1 aliphatic rings. The fourth-order valence-electron chi connectivity index (χ4n) is 2.56. The summed E-state index contributed by atoms with van der Waals surface area (Å²) < 4.78 is 4.79. The van der Waals surface area contributed by atoms with Crippen LogP contribution in [-0.4, -0.2) is 56.5 Å². The normalized spacial score (nSPS) is 20.8. The predicted octanol–water partition coefficient (Wildman–Crippen LogP) is 1.54. The highest BCUT2D eigenvalue weighted by atomic mass is 32.1. The smallest absolute Gasteiger partial charge is 0.317 e. The second kappa shape index (κ2) is 6.41. The first kappa shape index (κ1) is 14.9. The fourth-order valence-corrected chi connectivity index (χ4v) is 3.34. The van der Waals surface area contributed by atoms with E-state index in [-0.39, 0.29) is 6.54 Å². The lowest BCUT2D eigenvalue weighted by molar-refractivity contribution is -0.139. The number of rotatable bonds is 7. The van der Waals surface area contributed by atoms with E-state index in [1.54, 1.807) is 6.07 Å².